The summed E-state index contributed by atoms with van der Waals surface area (Å²) in [4.78, 5) is 14.1. The second kappa shape index (κ2) is 4.92. The highest BCUT2D eigenvalue weighted by Crippen LogP contribution is 2.33. The van der Waals surface area contributed by atoms with E-state index in [-0.39, 0.29) is 23.9 Å². The van der Waals surface area contributed by atoms with Gasteiger partial charge < -0.3 is 10.6 Å². The first-order valence-electron chi connectivity index (χ1n) is 6.05. The lowest BCUT2D eigenvalue weighted by Gasteiger charge is -2.44. The summed E-state index contributed by atoms with van der Waals surface area (Å²) in [5, 5.41) is 0. The Labute approximate surface area is 104 Å². The molecule has 94 valence electrons. The van der Waals surface area contributed by atoms with Crippen molar-refractivity contribution in [2.45, 2.75) is 45.6 Å². The van der Waals surface area contributed by atoms with E-state index in [2.05, 4.69) is 13.8 Å². The predicted molar refractivity (Wildman–Crippen MR) is 67.5 cm³/mol. The molecule has 4 heteroatoms. The number of halogens is 1. The fraction of sp³-hybridized carbons (Fsp3) is 0.917. The molecule has 1 aliphatic heterocycles. The van der Waals surface area contributed by atoms with Crippen molar-refractivity contribution in [1.82, 2.24) is 4.90 Å². The zero-order valence-electron chi connectivity index (χ0n) is 10.2. The van der Waals surface area contributed by atoms with Crippen LogP contribution < -0.4 is 5.73 Å². The smallest absolute Gasteiger partial charge is 0.225 e. The van der Waals surface area contributed by atoms with Crippen molar-refractivity contribution in [2.75, 3.05) is 13.1 Å². The Hall–Kier alpha value is -0.280. The molecule has 3 nitrogen and oxygen atoms in total. The van der Waals surface area contributed by atoms with Crippen molar-refractivity contribution in [2.24, 2.45) is 17.1 Å². The van der Waals surface area contributed by atoms with Gasteiger partial charge in [-0.05, 0) is 24.7 Å². The van der Waals surface area contributed by atoms with E-state index in [0.29, 0.717) is 11.8 Å². The number of nitrogens with zero attached hydrogens (tertiary/aromatic N) is 1. The van der Waals surface area contributed by atoms with E-state index >= 15 is 0 Å². The van der Waals surface area contributed by atoms with Gasteiger partial charge in [0.05, 0.1) is 0 Å². The standard InChI is InChI=1S/C12H22N2O.ClH/c1-12(2)8-14(7-6-10(12)13)11(15)9-4-3-5-9;/h9-10H,3-8,13H2,1-2H3;1H. The van der Waals surface area contributed by atoms with Crippen LogP contribution >= 0.6 is 12.4 Å². The third-order valence-electron chi connectivity index (χ3n) is 4.08. The second-order valence-corrected chi connectivity index (χ2v) is 5.77. The van der Waals surface area contributed by atoms with Crippen molar-refractivity contribution >= 4 is 18.3 Å². The lowest BCUT2D eigenvalue weighted by Crippen LogP contribution is -2.55. The highest BCUT2D eigenvalue weighted by Gasteiger charge is 2.38. The Morgan fingerprint density at radius 1 is 1.31 bits per heavy atom. The SMILES string of the molecule is CC1(C)CN(C(=O)C2CCC2)CCC1N.Cl. The summed E-state index contributed by atoms with van der Waals surface area (Å²) >= 11 is 0. The van der Waals surface area contributed by atoms with Crippen molar-refractivity contribution in [3.8, 4) is 0 Å². The van der Waals surface area contributed by atoms with Crippen LogP contribution in [0.1, 0.15) is 39.5 Å². The van der Waals surface area contributed by atoms with E-state index in [4.69, 9.17) is 5.73 Å². The van der Waals surface area contributed by atoms with Gasteiger partial charge in [0.2, 0.25) is 5.91 Å². The monoisotopic (exact) mass is 246 g/mol. The molecule has 1 unspecified atom stereocenters. The maximum Gasteiger partial charge on any atom is 0.225 e. The van der Waals surface area contributed by atoms with Crippen molar-refractivity contribution in [1.29, 1.82) is 0 Å². The van der Waals surface area contributed by atoms with Crippen molar-refractivity contribution in [3.05, 3.63) is 0 Å². The molecule has 2 rings (SSSR count). The van der Waals surface area contributed by atoms with Gasteiger partial charge in [-0.3, -0.25) is 4.79 Å². The van der Waals surface area contributed by atoms with Crippen molar-refractivity contribution < 1.29 is 4.79 Å². The quantitative estimate of drug-likeness (QED) is 0.767. The molecule has 1 aliphatic carbocycles. The molecule has 1 heterocycles. The lowest BCUT2D eigenvalue weighted by atomic mass is 9.78. The topological polar surface area (TPSA) is 46.3 Å². The van der Waals surface area contributed by atoms with Gasteiger partial charge in [0.25, 0.3) is 0 Å². The summed E-state index contributed by atoms with van der Waals surface area (Å²) in [6.07, 6.45) is 4.38. The minimum absolute atomic E-state index is 0. The highest BCUT2D eigenvalue weighted by atomic mass is 35.5. The minimum Gasteiger partial charge on any atom is -0.342 e. The molecule has 0 aromatic rings. The second-order valence-electron chi connectivity index (χ2n) is 5.77. The first-order chi connectivity index (χ1) is 7.00. The van der Waals surface area contributed by atoms with Gasteiger partial charge in [-0.2, -0.15) is 0 Å². The van der Waals surface area contributed by atoms with Gasteiger partial charge in [0.15, 0.2) is 0 Å². The number of likely N-dealkylation sites (tertiary alicyclic amines) is 1. The molecule has 2 aliphatic rings. The molecular formula is C12H23ClN2O. The van der Waals surface area contributed by atoms with Crippen LogP contribution in [0.5, 0.6) is 0 Å². The summed E-state index contributed by atoms with van der Waals surface area (Å²) in [6, 6.07) is 0.239. The Bertz CT molecular complexity index is 264. The zero-order valence-corrected chi connectivity index (χ0v) is 11.1. The molecular weight excluding hydrogens is 224 g/mol. The molecule has 16 heavy (non-hydrogen) atoms. The van der Waals surface area contributed by atoms with Gasteiger partial charge in [-0.15, -0.1) is 12.4 Å². The fourth-order valence-corrected chi connectivity index (χ4v) is 2.48. The van der Waals surface area contributed by atoms with Gasteiger partial charge in [0.1, 0.15) is 0 Å². The average molecular weight is 247 g/mol. The first kappa shape index (κ1) is 13.8. The van der Waals surface area contributed by atoms with Crippen molar-refractivity contribution in [3.63, 3.8) is 0 Å². The molecule has 1 saturated heterocycles. The predicted octanol–water partition coefficient (Wildman–Crippen LogP) is 1.79. The number of carbonyl (C=O) groups excluding carboxylic acids is 1. The summed E-state index contributed by atoms with van der Waals surface area (Å²) in [5.74, 6) is 0.705. The van der Waals surface area contributed by atoms with Gasteiger partial charge in [0, 0.05) is 25.0 Å². The largest absolute Gasteiger partial charge is 0.342 e. The van der Waals surface area contributed by atoms with E-state index in [1.165, 1.54) is 6.42 Å². The van der Waals surface area contributed by atoms with E-state index in [0.717, 1.165) is 32.4 Å². The van der Waals surface area contributed by atoms with E-state index in [1.54, 1.807) is 0 Å². The van der Waals surface area contributed by atoms with Crippen LogP contribution in [0.15, 0.2) is 0 Å². The number of rotatable bonds is 1. The molecule has 1 atom stereocenters. The van der Waals surface area contributed by atoms with E-state index < -0.39 is 0 Å². The Morgan fingerprint density at radius 2 is 1.94 bits per heavy atom. The number of hydrogen-bond acceptors (Lipinski definition) is 2. The van der Waals surface area contributed by atoms with Crippen LogP contribution in [0, 0.1) is 11.3 Å². The number of hydrogen-bond donors (Lipinski definition) is 1. The maximum absolute atomic E-state index is 12.1. The number of nitrogens with two attached hydrogens (primary N) is 1. The van der Waals surface area contributed by atoms with Crippen LogP contribution in [0.25, 0.3) is 0 Å². The Morgan fingerprint density at radius 3 is 2.38 bits per heavy atom. The molecule has 1 saturated carbocycles. The normalized spacial score (nSPS) is 29.2. The Balaban J connectivity index is 0.00000128. The third kappa shape index (κ3) is 2.51. The summed E-state index contributed by atoms with van der Waals surface area (Å²) < 4.78 is 0. The maximum atomic E-state index is 12.1. The molecule has 1 amide bonds. The van der Waals surface area contributed by atoms with Crippen LogP contribution in [0.2, 0.25) is 0 Å². The zero-order chi connectivity index (χ0) is 11.1. The third-order valence-corrected chi connectivity index (χ3v) is 4.08. The van der Waals surface area contributed by atoms with Gasteiger partial charge in [-0.25, -0.2) is 0 Å². The molecule has 2 fully saturated rings. The van der Waals surface area contributed by atoms with Gasteiger partial charge in [-0.1, -0.05) is 20.3 Å². The van der Waals surface area contributed by atoms with Crippen LogP contribution in [0.3, 0.4) is 0 Å². The summed E-state index contributed by atoms with van der Waals surface area (Å²) in [7, 11) is 0. The number of piperidine rings is 1. The first-order valence-corrected chi connectivity index (χ1v) is 6.05. The molecule has 2 N–H and O–H groups in total. The van der Waals surface area contributed by atoms with Crippen LogP contribution in [-0.2, 0) is 4.79 Å². The minimum atomic E-state index is 0. The molecule has 0 spiro atoms. The number of carbonyl (C=O) groups is 1. The molecule has 0 aromatic carbocycles. The summed E-state index contributed by atoms with van der Waals surface area (Å²) in [6.45, 7) is 6.03. The molecule has 0 radical (unpaired) electrons. The van der Waals surface area contributed by atoms with E-state index in [9.17, 15) is 4.79 Å². The Kier molecular flexibility index (Phi) is 4.24. The van der Waals surface area contributed by atoms with E-state index in [1.807, 2.05) is 4.90 Å². The molecule has 0 aromatic heterocycles. The molecule has 0 bridgehead atoms. The van der Waals surface area contributed by atoms with Crippen LogP contribution in [-0.4, -0.2) is 29.9 Å². The van der Waals surface area contributed by atoms with Gasteiger partial charge >= 0.3 is 0 Å². The fourth-order valence-electron chi connectivity index (χ4n) is 2.48. The summed E-state index contributed by atoms with van der Waals surface area (Å²) in [5.41, 5.74) is 6.14. The van der Waals surface area contributed by atoms with Crippen LogP contribution in [0.4, 0.5) is 0 Å². The number of amides is 1. The highest BCUT2D eigenvalue weighted by molar-refractivity contribution is 5.85. The average Bonchev–Trinajstić information content (AvgIpc) is 2.06. The lowest BCUT2D eigenvalue weighted by molar-refractivity contribution is -0.141.